The second kappa shape index (κ2) is 10.0. The van der Waals surface area contributed by atoms with Gasteiger partial charge in [0, 0.05) is 12.1 Å². The number of carbonyl (C=O) groups is 1. The third kappa shape index (κ3) is 5.99. The summed E-state index contributed by atoms with van der Waals surface area (Å²) in [4.78, 5) is 13.1. The number of benzene rings is 2. The second-order valence-corrected chi connectivity index (χ2v) is 10.6. The Hall–Kier alpha value is -2.09. The molecule has 0 unspecified atom stereocenters. The molecule has 1 aliphatic rings. The van der Waals surface area contributed by atoms with Crippen LogP contribution < -0.4 is 5.32 Å². The van der Waals surface area contributed by atoms with Gasteiger partial charge in [-0.25, -0.2) is 0 Å². The molecule has 0 radical (unpaired) electrons. The van der Waals surface area contributed by atoms with Crippen LogP contribution in [0.15, 0.2) is 30.3 Å². The minimum Gasteiger partial charge on any atom is -0.348 e. The fraction of sp³-hybridized carbons (Fsp3) is 0.552. The number of hydrogen-bond donors (Lipinski definition) is 1. The molecule has 0 bridgehead atoms. The first-order chi connectivity index (χ1) is 14.7. The summed E-state index contributed by atoms with van der Waals surface area (Å²) in [6.07, 6.45) is 8.75. The predicted octanol–water partition coefficient (Wildman–Crippen LogP) is 7.22. The van der Waals surface area contributed by atoms with Crippen molar-refractivity contribution >= 4 is 5.91 Å². The molecule has 168 valence electrons. The van der Waals surface area contributed by atoms with Crippen LogP contribution in [0.5, 0.6) is 0 Å². The molecule has 2 aromatic carbocycles. The Morgan fingerprint density at radius 3 is 2.39 bits per heavy atom. The zero-order chi connectivity index (χ0) is 22.6. The molecule has 1 saturated carbocycles. The summed E-state index contributed by atoms with van der Waals surface area (Å²) in [5.41, 5.74) is 8.72. The van der Waals surface area contributed by atoms with E-state index < -0.39 is 0 Å². The monoisotopic (exact) mass is 419 g/mol. The van der Waals surface area contributed by atoms with E-state index in [1.54, 1.807) is 0 Å². The lowest BCUT2D eigenvalue weighted by atomic mass is 9.78. The van der Waals surface area contributed by atoms with Crippen molar-refractivity contribution in [3.05, 3.63) is 69.3 Å². The summed E-state index contributed by atoms with van der Waals surface area (Å²) in [5.74, 6) is 0.836. The SMILES string of the molecule is CCCc1ccc(C)cc1CNC(=O)c1cc(C)c(CC2CCCC2)c(C(C)(C)C)c1. The maximum atomic E-state index is 13.1. The van der Waals surface area contributed by atoms with Crippen LogP contribution in [0.1, 0.15) is 104 Å². The van der Waals surface area contributed by atoms with Gasteiger partial charge >= 0.3 is 0 Å². The first-order valence-electron chi connectivity index (χ1n) is 12.2. The van der Waals surface area contributed by atoms with Crippen LogP contribution in [-0.4, -0.2) is 5.91 Å². The minimum absolute atomic E-state index is 0.0276. The average molecular weight is 420 g/mol. The Kier molecular flexibility index (Phi) is 7.62. The largest absolute Gasteiger partial charge is 0.348 e. The van der Waals surface area contributed by atoms with Crippen molar-refractivity contribution in [2.75, 3.05) is 0 Å². The van der Waals surface area contributed by atoms with Gasteiger partial charge in [-0.1, -0.05) is 83.6 Å². The molecule has 0 heterocycles. The standard InChI is InChI=1S/C29H41NO/c1-7-10-23-14-13-20(2)15-25(23)19-30-28(31)24-16-21(3)26(17-22-11-8-9-12-22)27(18-24)29(4,5)6/h13-16,18,22H,7-12,17,19H2,1-6H3,(H,30,31). The lowest BCUT2D eigenvalue weighted by Gasteiger charge is -2.27. The highest BCUT2D eigenvalue weighted by Crippen LogP contribution is 2.35. The molecule has 0 aliphatic heterocycles. The van der Waals surface area contributed by atoms with E-state index in [1.807, 2.05) is 0 Å². The van der Waals surface area contributed by atoms with Crippen LogP contribution in [0.25, 0.3) is 0 Å². The molecule has 2 aromatic rings. The molecule has 2 heteroatoms. The van der Waals surface area contributed by atoms with E-state index in [1.165, 1.54) is 59.1 Å². The number of nitrogens with one attached hydrogen (secondary N) is 1. The van der Waals surface area contributed by atoms with E-state index in [-0.39, 0.29) is 11.3 Å². The van der Waals surface area contributed by atoms with Crippen molar-refractivity contribution in [2.45, 2.75) is 98.4 Å². The number of aryl methyl sites for hydroxylation is 3. The van der Waals surface area contributed by atoms with E-state index >= 15 is 0 Å². The lowest BCUT2D eigenvalue weighted by molar-refractivity contribution is 0.0950. The Labute approximate surface area is 189 Å². The molecule has 3 rings (SSSR count). The highest BCUT2D eigenvalue weighted by molar-refractivity contribution is 5.94. The summed E-state index contributed by atoms with van der Waals surface area (Å²) in [5, 5.41) is 3.20. The van der Waals surface area contributed by atoms with E-state index in [2.05, 4.69) is 77.2 Å². The highest BCUT2D eigenvalue weighted by atomic mass is 16.1. The summed E-state index contributed by atoms with van der Waals surface area (Å²) >= 11 is 0. The van der Waals surface area contributed by atoms with Gasteiger partial charge in [0.05, 0.1) is 0 Å². The Bertz CT molecular complexity index is 913. The molecule has 0 atom stereocenters. The van der Waals surface area contributed by atoms with Gasteiger partial charge in [0.25, 0.3) is 5.91 Å². The minimum atomic E-state index is 0.0276. The quantitative estimate of drug-likeness (QED) is 0.504. The smallest absolute Gasteiger partial charge is 0.251 e. The molecule has 0 spiro atoms. The van der Waals surface area contributed by atoms with Crippen LogP contribution >= 0.6 is 0 Å². The Balaban J connectivity index is 1.83. The van der Waals surface area contributed by atoms with E-state index in [9.17, 15) is 4.79 Å². The molecule has 1 amide bonds. The van der Waals surface area contributed by atoms with Gasteiger partial charge in [0.1, 0.15) is 0 Å². The van der Waals surface area contributed by atoms with Crippen molar-refractivity contribution in [3.8, 4) is 0 Å². The molecule has 1 fully saturated rings. The molecule has 1 N–H and O–H groups in total. The molecule has 1 aliphatic carbocycles. The number of amides is 1. The first kappa shape index (κ1) is 23.6. The van der Waals surface area contributed by atoms with Gasteiger partial charge in [-0.3, -0.25) is 4.79 Å². The molecular weight excluding hydrogens is 378 g/mol. The first-order valence-corrected chi connectivity index (χ1v) is 12.2. The van der Waals surface area contributed by atoms with Crippen molar-refractivity contribution in [3.63, 3.8) is 0 Å². The van der Waals surface area contributed by atoms with Crippen molar-refractivity contribution in [1.29, 1.82) is 0 Å². The molecular formula is C29H41NO. The summed E-state index contributed by atoms with van der Waals surface area (Å²) < 4.78 is 0. The van der Waals surface area contributed by atoms with Gasteiger partial charge in [-0.2, -0.15) is 0 Å². The maximum absolute atomic E-state index is 13.1. The number of carbonyl (C=O) groups excluding carboxylic acids is 1. The Morgan fingerprint density at radius 1 is 1.03 bits per heavy atom. The maximum Gasteiger partial charge on any atom is 0.251 e. The van der Waals surface area contributed by atoms with Gasteiger partial charge in [0.15, 0.2) is 0 Å². The van der Waals surface area contributed by atoms with Crippen molar-refractivity contribution in [2.24, 2.45) is 5.92 Å². The van der Waals surface area contributed by atoms with Gasteiger partial charge < -0.3 is 5.32 Å². The fourth-order valence-electron chi connectivity index (χ4n) is 5.10. The van der Waals surface area contributed by atoms with Crippen LogP contribution in [0.2, 0.25) is 0 Å². The normalized spacial score (nSPS) is 14.8. The van der Waals surface area contributed by atoms with Crippen LogP contribution in [0.4, 0.5) is 0 Å². The summed E-state index contributed by atoms with van der Waals surface area (Å²) in [7, 11) is 0. The van der Waals surface area contributed by atoms with Gasteiger partial charge in [-0.05, 0) is 78.0 Å². The van der Waals surface area contributed by atoms with Crippen molar-refractivity contribution in [1.82, 2.24) is 5.32 Å². The summed E-state index contributed by atoms with van der Waals surface area (Å²) in [6, 6.07) is 10.9. The van der Waals surface area contributed by atoms with Crippen LogP contribution in [0.3, 0.4) is 0 Å². The van der Waals surface area contributed by atoms with Crippen molar-refractivity contribution < 1.29 is 4.79 Å². The third-order valence-electron chi connectivity index (χ3n) is 6.83. The molecule has 2 nitrogen and oxygen atoms in total. The van der Waals surface area contributed by atoms with Gasteiger partial charge in [0.2, 0.25) is 0 Å². The third-order valence-corrected chi connectivity index (χ3v) is 6.83. The zero-order valence-corrected chi connectivity index (χ0v) is 20.5. The van der Waals surface area contributed by atoms with Gasteiger partial charge in [-0.15, -0.1) is 0 Å². The topological polar surface area (TPSA) is 29.1 Å². The average Bonchev–Trinajstić information content (AvgIpc) is 3.21. The van der Waals surface area contributed by atoms with E-state index in [0.29, 0.717) is 6.54 Å². The number of hydrogen-bond acceptors (Lipinski definition) is 1. The molecule has 31 heavy (non-hydrogen) atoms. The fourth-order valence-corrected chi connectivity index (χ4v) is 5.10. The highest BCUT2D eigenvalue weighted by Gasteiger charge is 2.25. The number of rotatable bonds is 7. The Morgan fingerprint density at radius 2 is 1.74 bits per heavy atom. The zero-order valence-electron chi connectivity index (χ0n) is 20.5. The lowest BCUT2D eigenvalue weighted by Crippen LogP contribution is -2.25. The second-order valence-electron chi connectivity index (χ2n) is 10.6. The van der Waals surface area contributed by atoms with E-state index in [4.69, 9.17) is 0 Å². The summed E-state index contributed by atoms with van der Waals surface area (Å²) in [6.45, 7) is 13.9. The van der Waals surface area contributed by atoms with Crippen LogP contribution in [-0.2, 0) is 24.8 Å². The predicted molar refractivity (Wildman–Crippen MR) is 132 cm³/mol. The van der Waals surface area contributed by atoms with E-state index in [0.717, 1.165) is 30.7 Å². The van der Waals surface area contributed by atoms with Crippen LogP contribution in [0, 0.1) is 19.8 Å². The molecule has 0 aromatic heterocycles. The molecule has 0 saturated heterocycles.